The summed E-state index contributed by atoms with van der Waals surface area (Å²) in [5.41, 5.74) is 0.567. The Morgan fingerprint density at radius 2 is 1.89 bits per heavy atom. The highest BCUT2D eigenvalue weighted by molar-refractivity contribution is 7.92. The van der Waals surface area contributed by atoms with E-state index < -0.39 is 52.1 Å². The van der Waals surface area contributed by atoms with Gasteiger partial charge in [0.2, 0.25) is 10.0 Å². The first-order chi connectivity index (χ1) is 21.1. The average molecular weight is 653 g/mol. The number of esters is 1. The first kappa shape index (κ1) is 33.6. The summed E-state index contributed by atoms with van der Waals surface area (Å²) in [5, 5.41) is 13.0. The van der Waals surface area contributed by atoms with Crippen LogP contribution in [0.1, 0.15) is 36.5 Å². The molecule has 242 valence electrons. The fourth-order valence-corrected chi connectivity index (χ4v) is 6.12. The number of amides is 2. The van der Waals surface area contributed by atoms with Gasteiger partial charge in [-0.3, -0.25) is 19.4 Å². The molecule has 2 aromatic carbocycles. The second-order valence-corrected chi connectivity index (χ2v) is 12.2. The van der Waals surface area contributed by atoms with E-state index in [1.165, 1.54) is 34.3 Å². The molecular weight excluding hydrogens is 621 g/mol. The van der Waals surface area contributed by atoms with Gasteiger partial charge in [-0.2, -0.15) is 4.31 Å². The first-order valence-electron chi connectivity index (χ1n) is 13.7. The number of aryl methyl sites for hydroxylation is 1. The van der Waals surface area contributed by atoms with E-state index in [-0.39, 0.29) is 50.5 Å². The summed E-state index contributed by atoms with van der Waals surface area (Å²) in [5.74, 6) is -2.02. The van der Waals surface area contributed by atoms with E-state index in [0.717, 1.165) is 17.5 Å². The lowest BCUT2D eigenvalue weighted by atomic mass is 9.89. The van der Waals surface area contributed by atoms with Gasteiger partial charge in [-0.25, -0.2) is 8.42 Å². The van der Waals surface area contributed by atoms with E-state index in [0.29, 0.717) is 16.8 Å². The third-order valence-corrected chi connectivity index (χ3v) is 8.80. The number of aliphatic imine (C=N–C) groups is 1. The van der Waals surface area contributed by atoms with Gasteiger partial charge in [0.15, 0.2) is 6.61 Å². The lowest BCUT2D eigenvalue weighted by Crippen LogP contribution is -2.50. The van der Waals surface area contributed by atoms with Crippen LogP contribution in [0.3, 0.4) is 0 Å². The van der Waals surface area contributed by atoms with E-state index in [9.17, 15) is 41.1 Å². The fourth-order valence-electron chi connectivity index (χ4n) is 4.94. The Labute approximate surface area is 257 Å². The lowest BCUT2D eigenvalue weighted by molar-refractivity contribution is -0.274. The SMILES string of the molecule is CC(=O)OCC(=O)N(CCO)c1ccc(C=CS(=O)(=O)N2CCC3(CC2)N=C(c2cccc(OC(F)(F)F)c2)NC3=O)c(C)c1. The van der Waals surface area contributed by atoms with Crippen LogP contribution in [0.15, 0.2) is 52.9 Å². The number of nitrogens with zero attached hydrogens (tertiary/aromatic N) is 3. The number of amidine groups is 1. The molecule has 0 radical (unpaired) electrons. The molecule has 0 saturated carbocycles. The predicted molar refractivity (Wildman–Crippen MR) is 157 cm³/mol. The molecule has 2 aliphatic heterocycles. The van der Waals surface area contributed by atoms with E-state index in [1.807, 2.05) is 0 Å². The quantitative estimate of drug-likeness (QED) is 0.371. The highest BCUT2D eigenvalue weighted by Gasteiger charge is 2.47. The van der Waals surface area contributed by atoms with Crippen LogP contribution in [0.5, 0.6) is 5.75 Å². The van der Waals surface area contributed by atoms with Crippen molar-refractivity contribution in [3.63, 3.8) is 0 Å². The summed E-state index contributed by atoms with van der Waals surface area (Å²) in [6.45, 7) is 1.97. The van der Waals surface area contributed by atoms with Crippen molar-refractivity contribution in [1.82, 2.24) is 9.62 Å². The van der Waals surface area contributed by atoms with Crippen LogP contribution in [0.4, 0.5) is 18.9 Å². The summed E-state index contributed by atoms with van der Waals surface area (Å²) >= 11 is 0. The number of sulfonamides is 1. The second-order valence-electron chi connectivity index (χ2n) is 10.4. The van der Waals surface area contributed by atoms with Gasteiger partial charge in [0.05, 0.1) is 6.61 Å². The van der Waals surface area contributed by atoms with Crippen LogP contribution >= 0.6 is 0 Å². The number of rotatable bonds is 10. The molecule has 2 N–H and O–H groups in total. The van der Waals surface area contributed by atoms with Crippen molar-refractivity contribution in [2.45, 2.75) is 38.6 Å². The van der Waals surface area contributed by atoms with E-state index in [4.69, 9.17) is 4.74 Å². The Hall–Kier alpha value is -4.28. The molecule has 0 aromatic heterocycles. The van der Waals surface area contributed by atoms with Crippen LogP contribution < -0.4 is 15.0 Å². The zero-order valence-electron chi connectivity index (χ0n) is 24.3. The molecule has 45 heavy (non-hydrogen) atoms. The monoisotopic (exact) mass is 652 g/mol. The van der Waals surface area contributed by atoms with E-state index >= 15 is 0 Å². The molecule has 16 heteroatoms. The number of carbonyl (C=O) groups is 3. The molecule has 2 heterocycles. The number of benzene rings is 2. The highest BCUT2D eigenvalue weighted by atomic mass is 32.2. The summed E-state index contributed by atoms with van der Waals surface area (Å²) in [4.78, 5) is 42.2. The molecule has 0 unspecified atom stereocenters. The molecule has 2 amide bonds. The first-order valence-corrected chi connectivity index (χ1v) is 15.2. The topological polar surface area (TPSA) is 155 Å². The smallest absolute Gasteiger partial charge is 0.456 e. The Morgan fingerprint density at radius 3 is 2.51 bits per heavy atom. The average Bonchev–Trinajstić information content (AvgIpc) is 3.28. The maximum atomic E-state index is 13.1. The molecule has 1 fully saturated rings. The number of aliphatic hydroxyl groups is 1. The standard InChI is InChI=1S/C29H31F3N4O8S/c1-19-16-23(36(13-14-37)25(39)18-43-20(2)38)7-6-21(19)8-15-45(41,42)35-11-9-28(10-12-35)27(40)33-26(34-28)22-4-3-5-24(17-22)44-29(30,31)32/h3-8,15-17,37H,9-14,18H2,1-2H3,(H,33,34,40). The lowest BCUT2D eigenvalue weighted by Gasteiger charge is -2.34. The van der Waals surface area contributed by atoms with Crippen molar-refractivity contribution < 1.29 is 50.6 Å². The van der Waals surface area contributed by atoms with E-state index in [2.05, 4.69) is 15.0 Å². The van der Waals surface area contributed by atoms with Crippen LogP contribution in [0.25, 0.3) is 6.08 Å². The number of hydrogen-bond donors (Lipinski definition) is 2. The maximum Gasteiger partial charge on any atom is 0.573 e. The zero-order chi connectivity index (χ0) is 33.0. The maximum absolute atomic E-state index is 13.1. The molecule has 0 atom stereocenters. The third kappa shape index (κ3) is 8.26. The van der Waals surface area contributed by atoms with Gasteiger partial charge < -0.3 is 24.8 Å². The van der Waals surface area contributed by atoms with Crippen LogP contribution in [-0.2, 0) is 29.1 Å². The number of ether oxygens (including phenoxy) is 2. The number of aliphatic hydroxyl groups excluding tert-OH is 1. The number of carbonyl (C=O) groups excluding carboxylic acids is 3. The zero-order valence-corrected chi connectivity index (χ0v) is 25.2. The Bertz CT molecular complexity index is 1630. The van der Waals surface area contributed by atoms with Gasteiger partial charge in [-0.15, -0.1) is 13.2 Å². The molecule has 1 saturated heterocycles. The number of nitrogens with one attached hydrogen (secondary N) is 1. The van der Waals surface area contributed by atoms with Crippen molar-refractivity contribution >= 4 is 45.4 Å². The molecule has 0 bridgehead atoms. The molecule has 4 rings (SSSR count). The predicted octanol–water partition coefficient (Wildman–Crippen LogP) is 2.49. The number of anilines is 1. The van der Waals surface area contributed by atoms with Crippen molar-refractivity contribution in [1.29, 1.82) is 0 Å². The Kier molecular flexibility index (Phi) is 9.99. The number of alkyl halides is 3. The summed E-state index contributed by atoms with van der Waals surface area (Å²) in [6, 6.07) is 9.86. The molecule has 12 nitrogen and oxygen atoms in total. The van der Waals surface area contributed by atoms with E-state index in [1.54, 1.807) is 25.1 Å². The van der Waals surface area contributed by atoms with Crippen LogP contribution in [0, 0.1) is 6.92 Å². The number of piperidine rings is 1. The number of halogens is 3. The van der Waals surface area contributed by atoms with Crippen molar-refractivity contribution in [3.05, 3.63) is 64.6 Å². The third-order valence-electron chi connectivity index (χ3n) is 7.24. The second kappa shape index (κ2) is 13.4. The minimum atomic E-state index is -4.88. The summed E-state index contributed by atoms with van der Waals surface area (Å²) in [6.07, 6.45) is -3.36. The fraction of sp³-hybridized carbons (Fsp3) is 0.379. The van der Waals surface area contributed by atoms with Gasteiger partial charge in [0.25, 0.3) is 11.8 Å². The van der Waals surface area contributed by atoms with Gasteiger partial charge >= 0.3 is 12.3 Å². The number of hydrogen-bond acceptors (Lipinski definition) is 9. The molecule has 2 aromatic rings. The normalized spacial score (nSPS) is 16.8. The van der Waals surface area contributed by atoms with Gasteiger partial charge in [-0.1, -0.05) is 18.2 Å². The Balaban J connectivity index is 1.43. The van der Waals surface area contributed by atoms with Gasteiger partial charge in [-0.05, 0) is 61.2 Å². The molecular formula is C29H31F3N4O8S. The minimum absolute atomic E-state index is 0.0212. The molecule has 0 aliphatic carbocycles. The summed E-state index contributed by atoms with van der Waals surface area (Å²) < 4.78 is 74.1. The van der Waals surface area contributed by atoms with Gasteiger partial charge in [0.1, 0.15) is 17.1 Å². The summed E-state index contributed by atoms with van der Waals surface area (Å²) in [7, 11) is -3.91. The van der Waals surface area contributed by atoms with Crippen molar-refractivity contribution in [2.75, 3.05) is 37.7 Å². The van der Waals surface area contributed by atoms with Crippen molar-refractivity contribution in [2.24, 2.45) is 4.99 Å². The van der Waals surface area contributed by atoms with Gasteiger partial charge in [0, 0.05) is 43.2 Å². The van der Waals surface area contributed by atoms with Crippen LogP contribution in [0.2, 0.25) is 0 Å². The Morgan fingerprint density at radius 1 is 1.18 bits per heavy atom. The highest BCUT2D eigenvalue weighted by Crippen LogP contribution is 2.33. The minimum Gasteiger partial charge on any atom is -0.456 e. The molecule has 1 spiro atoms. The van der Waals surface area contributed by atoms with Crippen molar-refractivity contribution in [3.8, 4) is 5.75 Å². The van der Waals surface area contributed by atoms with Crippen LogP contribution in [-0.4, -0.2) is 86.2 Å². The largest absolute Gasteiger partial charge is 0.573 e. The molecule has 2 aliphatic rings.